The minimum absolute atomic E-state index is 0.175. The molecule has 5 nitrogen and oxygen atoms in total. The van der Waals surface area contributed by atoms with Crippen molar-refractivity contribution in [3.05, 3.63) is 77.4 Å². The van der Waals surface area contributed by atoms with Gasteiger partial charge in [0.15, 0.2) is 0 Å². The maximum atomic E-state index is 12.1. The van der Waals surface area contributed by atoms with Gasteiger partial charge in [-0.05, 0) is 48.7 Å². The maximum absolute atomic E-state index is 12.1. The molecule has 0 saturated carbocycles. The summed E-state index contributed by atoms with van der Waals surface area (Å²) in [7, 11) is 0. The van der Waals surface area contributed by atoms with Crippen molar-refractivity contribution in [2.24, 2.45) is 0 Å². The molecule has 2 amide bonds. The first-order valence-electron chi connectivity index (χ1n) is 8.90. The number of anilines is 1. The van der Waals surface area contributed by atoms with Crippen molar-refractivity contribution in [3.63, 3.8) is 0 Å². The molecule has 0 radical (unpaired) electrons. The van der Waals surface area contributed by atoms with Crippen molar-refractivity contribution < 1.29 is 14.7 Å². The molecule has 1 atom stereocenters. The molecule has 5 heteroatoms. The van der Waals surface area contributed by atoms with Gasteiger partial charge in [0.25, 0.3) is 0 Å². The second kappa shape index (κ2) is 9.69. The molecular weight excluding hydrogens is 340 g/mol. The van der Waals surface area contributed by atoms with Crippen LogP contribution in [0.15, 0.2) is 55.1 Å². The maximum Gasteiger partial charge on any atom is 0.247 e. The third kappa shape index (κ3) is 6.72. The molecule has 2 aromatic rings. The predicted molar refractivity (Wildman–Crippen MR) is 108 cm³/mol. The average molecular weight is 366 g/mol. The summed E-state index contributed by atoms with van der Waals surface area (Å²) in [6.45, 7) is 7.65. The van der Waals surface area contributed by atoms with Gasteiger partial charge in [0.05, 0.1) is 12.5 Å². The molecule has 3 N–H and O–H groups in total. The van der Waals surface area contributed by atoms with Crippen molar-refractivity contribution in [3.8, 4) is 0 Å². The number of hydrogen-bond donors (Lipinski definition) is 3. The first kappa shape index (κ1) is 20.4. The highest BCUT2D eigenvalue weighted by Gasteiger charge is 2.11. The van der Waals surface area contributed by atoms with Crippen LogP contribution in [0.1, 0.15) is 22.3 Å². The molecule has 2 rings (SSSR count). The third-order valence-electron chi connectivity index (χ3n) is 4.23. The van der Waals surface area contributed by atoms with Gasteiger partial charge in [-0.15, -0.1) is 0 Å². The Morgan fingerprint density at radius 1 is 1.19 bits per heavy atom. The van der Waals surface area contributed by atoms with E-state index in [1.165, 1.54) is 11.6 Å². The number of nitrogens with one attached hydrogen (secondary N) is 2. The Kier molecular flexibility index (Phi) is 7.32. The van der Waals surface area contributed by atoms with Gasteiger partial charge in [-0.25, -0.2) is 0 Å². The van der Waals surface area contributed by atoms with E-state index in [0.717, 1.165) is 16.7 Å². The number of hydrogen-bond acceptors (Lipinski definition) is 3. The van der Waals surface area contributed by atoms with Gasteiger partial charge in [0.1, 0.15) is 0 Å². The number of rotatable bonds is 8. The lowest BCUT2D eigenvalue weighted by Gasteiger charge is -2.14. The van der Waals surface area contributed by atoms with E-state index in [4.69, 9.17) is 0 Å². The van der Waals surface area contributed by atoms with Crippen LogP contribution in [-0.2, 0) is 22.4 Å². The number of benzene rings is 2. The summed E-state index contributed by atoms with van der Waals surface area (Å²) in [6.07, 6.45) is 1.22. The summed E-state index contributed by atoms with van der Waals surface area (Å²) >= 11 is 0. The van der Waals surface area contributed by atoms with Crippen molar-refractivity contribution in [2.75, 3.05) is 11.9 Å². The fourth-order valence-corrected chi connectivity index (χ4v) is 2.83. The van der Waals surface area contributed by atoms with Crippen molar-refractivity contribution >= 4 is 17.5 Å². The number of aliphatic hydroxyl groups is 1. The quantitative estimate of drug-likeness (QED) is 0.629. The molecule has 0 heterocycles. The first-order valence-corrected chi connectivity index (χ1v) is 8.90. The molecule has 0 bridgehead atoms. The Hall–Kier alpha value is -2.92. The van der Waals surface area contributed by atoms with Gasteiger partial charge in [-0.1, -0.05) is 42.5 Å². The fraction of sp³-hybridized carbons (Fsp3) is 0.273. The lowest BCUT2D eigenvalue weighted by molar-refractivity contribution is -0.120. The largest absolute Gasteiger partial charge is 0.391 e. The highest BCUT2D eigenvalue weighted by Crippen LogP contribution is 2.13. The molecule has 0 fully saturated rings. The van der Waals surface area contributed by atoms with Gasteiger partial charge in [-0.3, -0.25) is 9.59 Å². The van der Waals surface area contributed by atoms with Crippen LogP contribution in [0.3, 0.4) is 0 Å². The molecule has 2 aromatic carbocycles. The van der Waals surface area contributed by atoms with E-state index < -0.39 is 6.10 Å². The van der Waals surface area contributed by atoms with Gasteiger partial charge in [-0.2, -0.15) is 0 Å². The Morgan fingerprint density at radius 3 is 2.67 bits per heavy atom. The normalized spacial score (nSPS) is 11.5. The Bertz CT molecular complexity index is 830. The third-order valence-corrected chi connectivity index (χ3v) is 4.23. The van der Waals surface area contributed by atoms with Crippen molar-refractivity contribution in [1.29, 1.82) is 0 Å². The zero-order chi connectivity index (χ0) is 19.8. The summed E-state index contributed by atoms with van der Waals surface area (Å²) in [5.41, 5.74) is 4.79. The smallest absolute Gasteiger partial charge is 0.247 e. The van der Waals surface area contributed by atoms with Crippen LogP contribution in [0.2, 0.25) is 0 Å². The monoisotopic (exact) mass is 366 g/mol. The van der Waals surface area contributed by atoms with Crippen molar-refractivity contribution in [1.82, 2.24) is 5.32 Å². The molecule has 0 aromatic heterocycles. The molecule has 1 unspecified atom stereocenters. The molecule has 27 heavy (non-hydrogen) atoms. The van der Waals surface area contributed by atoms with E-state index in [0.29, 0.717) is 12.1 Å². The first-order chi connectivity index (χ1) is 12.9. The van der Waals surface area contributed by atoms with Crippen LogP contribution in [0, 0.1) is 13.8 Å². The van der Waals surface area contributed by atoms with E-state index in [2.05, 4.69) is 23.3 Å². The van der Waals surface area contributed by atoms with Crippen LogP contribution < -0.4 is 10.6 Å². The van der Waals surface area contributed by atoms with E-state index in [-0.39, 0.29) is 24.8 Å². The number of amides is 2. The Labute approximate surface area is 160 Å². The number of carbonyl (C=O) groups is 2. The lowest BCUT2D eigenvalue weighted by atomic mass is 10.0. The molecular formula is C22H26N2O3. The van der Waals surface area contributed by atoms with E-state index >= 15 is 0 Å². The Balaban J connectivity index is 1.84. The topological polar surface area (TPSA) is 78.4 Å². The fourth-order valence-electron chi connectivity index (χ4n) is 2.83. The van der Waals surface area contributed by atoms with E-state index in [9.17, 15) is 14.7 Å². The highest BCUT2D eigenvalue weighted by atomic mass is 16.3. The summed E-state index contributed by atoms with van der Waals surface area (Å²) in [6, 6.07) is 13.2. The van der Waals surface area contributed by atoms with E-state index in [1.54, 1.807) is 18.2 Å². The molecule has 0 aliphatic heterocycles. The number of aliphatic hydroxyl groups excluding tert-OH is 1. The minimum atomic E-state index is -0.645. The van der Waals surface area contributed by atoms with Gasteiger partial charge in [0, 0.05) is 18.7 Å². The molecule has 0 aliphatic rings. The van der Waals surface area contributed by atoms with Crippen LogP contribution in [0.4, 0.5) is 5.69 Å². The van der Waals surface area contributed by atoms with Crippen LogP contribution in [0.25, 0.3) is 0 Å². The molecule has 0 saturated heterocycles. The SMILES string of the molecule is C=CC(=O)Nc1cccc(CC(=O)NCC(O)Cc2ccc(C)cc2C)c1. The number of carbonyl (C=O) groups excluding carboxylic acids is 2. The summed E-state index contributed by atoms with van der Waals surface area (Å²) in [5.74, 6) is -0.479. The zero-order valence-electron chi connectivity index (χ0n) is 15.8. The lowest BCUT2D eigenvalue weighted by Crippen LogP contribution is -2.34. The average Bonchev–Trinajstić information content (AvgIpc) is 2.62. The van der Waals surface area contributed by atoms with Crippen LogP contribution >= 0.6 is 0 Å². The summed E-state index contributed by atoms with van der Waals surface area (Å²) in [5, 5.41) is 15.6. The second-order valence-electron chi connectivity index (χ2n) is 6.66. The standard InChI is InChI=1S/C22H26N2O3/c1-4-21(26)24-19-7-5-6-17(11-19)12-22(27)23-14-20(25)13-18-9-8-15(2)10-16(18)3/h4-11,20,25H,1,12-14H2,2-3H3,(H,23,27)(H,24,26). The van der Waals surface area contributed by atoms with Gasteiger partial charge in [0.2, 0.25) is 11.8 Å². The van der Waals surface area contributed by atoms with E-state index in [1.807, 2.05) is 32.0 Å². The van der Waals surface area contributed by atoms with Crippen LogP contribution in [-0.4, -0.2) is 29.6 Å². The minimum Gasteiger partial charge on any atom is -0.391 e. The van der Waals surface area contributed by atoms with Crippen molar-refractivity contribution in [2.45, 2.75) is 32.8 Å². The molecule has 0 aliphatic carbocycles. The Morgan fingerprint density at radius 2 is 1.96 bits per heavy atom. The molecule has 142 valence electrons. The summed E-state index contributed by atoms with van der Waals surface area (Å²) < 4.78 is 0. The summed E-state index contributed by atoms with van der Waals surface area (Å²) in [4.78, 5) is 23.5. The predicted octanol–water partition coefficient (Wildman–Crippen LogP) is 2.69. The van der Waals surface area contributed by atoms with Gasteiger partial charge < -0.3 is 15.7 Å². The molecule has 0 spiro atoms. The number of aryl methyl sites for hydroxylation is 2. The van der Waals surface area contributed by atoms with Gasteiger partial charge >= 0.3 is 0 Å². The second-order valence-corrected chi connectivity index (χ2v) is 6.66. The highest BCUT2D eigenvalue weighted by molar-refractivity contribution is 5.98. The zero-order valence-corrected chi connectivity index (χ0v) is 15.8. The van der Waals surface area contributed by atoms with Crippen LogP contribution in [0.5, 0.6) is 0 Å².